The van der Waals surface area contributed by atoms with Gasteiger partial charge in [0.05, 0.1) is 13.2 Å². The van der Waals surface area contributed by atoms with Crippen molar-refractivity contribution >= 4 is 10.2 Å². The minimum atomic E-state index is -3.38. The van der Waals surface area contributed by atoms with Gasteiger partial charge in [-0.05, 0) is 19.3 Å². The molecule has 2 saturated heterocycles. The Morgan fingerprint density at radius 1 is 1.26 bits per heavy atom. The van der Waals surface area contributed by atoms with Gasteiger partial charge < -0.3 is 9.30 Å². The van der Waals surface area contributed by atoms with Crippen molar-refractivity contribution in [2.75, 3.05) is 32.8 Å². The number of piperidine rings is 1. The highest BCUT2D eigenvalue weighted by Gasteiger charge is 2.36. The topological polar surface area (TPSA) is 67.7 Å². The molecular formula is C15H26N4O3S. The fourth-order valence-corrected chi connectivity index (χ4v) is 5.28. The van der Waals surface area contributed by atoms with Crippen molar-refractivity contribution in [2.24, 2.45) is 7.05 Å². The van der Waals surface area contributed by atoms with Gasteiger partial charge in [0, 0.05) is 51.5 Å². The molecule has 1 atom stereocenters. The third-order valence-electron chi connectivity index (χ3n) is 4.79. The van der Waals surface area contributed by atoms with E-state index in [0.29, 0.717) is 32.8 Å². The molecule has 1 aromatic rings. The molecular weight excluding hydrogens is 316 g/mol. The van der Waals surface area contributed by atoms with E-state index in [2.05, 4.69) is 4.98 Å². The average molecular weight is 342 g/mol. The summed E-state index contributed by atoms with van der Waals surface area (Å²) >= 11 is 0. The predicted molar refractivity (Wildman–Crippen MR) is 87.2 cm³/mol. The molecule has 1 aromatic heterocycles. The minimum Gasteiger partial charge on any atom is -0.379 e. The fourth-order valence-electron chi connectivity index (χ4n) is 3.42. The van der Waals surface area contributed by atoms with Gasteiger partial charge >= 0.3 is 0 Å². The summed E-state index contributed by atoms with van der Waals surface area (Å²) in [5, 5.41) is 0. The van der Waals surface area contributed by atoms with E-state index in [-0.39, 0.29) is 6.04 Å². The number of hydrogen-bond acceptors (Lipinski definition) is 4. The number of imidazole rings is 1. The summed E-state index contributed by atoms with van der Waals surface area (Å²) in [6.07, 6.45) is 8.34. The Kier molecular flexibility index (Phi) is 5.35. The molecule has 2 fully saturated rings. The Balaban J connectivity index is 1.69. The summed E-state index contributed by atoms with van der Waals surface area (Å²) in [6, 6.07) is 0.0771. The second-order valence-corrected chi connectivity index (χ2v) is 8.15. The highest BCUT2D eigenvalue weighted by Crippen LogP contribution is 2.26. The quantitative estimate of drug-likeness (QED) is 0.793. The fraction of sp³-hybridized carbons (Fsp3) is 0.800. The van der Waals surface area contributed by atoms with Crippen LogP contribution in [0, 0.1) is 0 Å². The van der Waals surface area contributed by atoms with Crippen LogP contribution in [0.25, 0.3) is 0 Å². The lowest BCUT2D eigenvalue weighted by atomic mass is 10.0. The van der Waals surface area contributed by atoms with Gasteiger partial charge in [0.15, 0.2) is 0 Å². The zero-order valence-corrected chi connectivity index (χ0v) is 14.5. The molecule has 0 amide bonds. The van der Waals surface area contributed by atoms with Gasteiger partial charge in [-0.25, -0.2) is 4.98 Å². The Bertz CT molecular complexity index is 610. The number of rotatable bonds is 5. The first-order valence-electron chi connectivity index (χ1n) is 8.40. The van der Waals surface area contributed by atoms with Crippen LogP contribution in [0.1, 0.15) is 31.5 Å². The summed E-state index contributed by atoms with van der Waals surface area (Å²) < 4.78 is 36.5. The summed E-state index contributed by atoms with van der Waals surface area (Å²) in [6.45, 7) is 2.54. The van der Waals surface area contributed by atoms with Crippen LogP contribution in [-0.2, 0) is 28.4 Å². The highest BCUT2D eigenvalue weighted by molar-refractivity contribution is 7.86. The maximum atomic E-state index is 13.0. The number of ether oxygens (including phenoxy) is 1. The van der Waals surface area contributed by atoms with E-state index in [0.717, 1.165) is 37.9 Å². The first kappa shape index (κ1) is 16.9. The van der Waals surface area contributed by atoms with Crippen LogP contribution in [-0.4, -0.2) is 65.5 Å². The van der Waals surface area contributed by atoms with Crippen molar-refractivity contribution in [3.05, 3.63) is 18.2 Å². The van der Waals surface area contributed by atoms with Gasteiger partial charge in [-0.15, -0.1) is 0 Å². The summed E-state index contributed by atoms with van der Waals surface area (Å²) in [7, 11) is -1.40. The number of aryl methyl sites for hydroxylation is 2. The zero-order valence-electron chi connectivity index (χ0n) is 13.7. The third-order valence-corrected chi connectivity index (χ3v) is 6.88. The van der Waals surface area contributed by atoms with Crippen molar-refractivity contribution in [2.45, 2.75) is 38.1 Å². The van der Waals surface area contributed by atoms with Gasteiger partial charge in [-0.1, -0.05) is 6.42 Å². The molecule has 23 heavy (non-hydrogen) atoms. The van der Waals surface area contributed by atoms with Crippen molar-refractivity contribution in [1.29, 1.82) is 0 Å². The highest BCUT2D eigenvalue weighted by atomic mass is 32.2. The van der Waals surface area contributed by atoms with Crippen LogP contribution < -0.4 is 0 Å². The third kappa shape index (κ3) is 3.76. The number of nitrogens with zero attached hydrogens (tertiary/aromatic N) is 4. The molecule has 0 aromatic carbocycles. The van der Waals surface area contributed by atoms with E-state index >= 15 is 0 Å². The monoisotopic (exact) mass is 342 g/mol. The lowest BCUT2D eigenvalue weighted by Crippen LogP contribution is -2.53. The van der Waals surface area contributed by atoms with E-state index in [4.69, 9.17) is 4.74 Å². The maximum Gasteiger partial charge on any atom is 0.282 e. The molecule has 130 valence electrons. The number of morpholine rings is 1. The van der Waals surface area contributed by atoms with Crippen LogP contribution >= 0.6 is 0 Å². The Labute approximate surface area is 138 Å². The second kappa shape index (κ2) is 7.29. The second-order valence-electron chi connectivity index (χ2n) is 6.27. The molecule has 0 spiro atoms. The lowest BCUT2D eigenvalue weighted by Gasteiger charge is -2.39. The van der Waals surface area contributed by atoms with Crippen LogP contribution in [0.2, 0.25) is 0 Å². The molecule has 2 aliphatic heterocycles. The van der Waals surface area contributed by atoms with Crippen molar-refractivity contribution in [3.8, 4) is 0 Å². The van der Waals surface area contributed by atoms with Crippen LogP contribution in [0.5, 0.6) is 0 Å². The normalized spacial score (nSPS) is 24.8. The van der Waals surface area contributed by atoms with E-state index in [1.54, 1.807) is 14.8 Å². The van der Waals surface area contributed by atoms with E-state index < -0.39 is 10.2 Å². The van der Waals surface area contributed by atoms with Crippen molar-refractivity contribution < 1.29 is 13.2 Å². The first-order chi connectivity index (χ1) is 11.1. The number of hydrogen-bond donors (Lipinski definition) is 0. The molecule has 7 nitrogen and oxygen atoms in total. The largest absolute Gasteiger partial charge is 0.379 e. The molecule has 2 aliphatic rings. The maximum absolute atomic E-state index is 13.0. The van der Waals surface area contributed by atoms with Gasteiger partial charge in [0.1, 0.15) is 5.82 Å². The predicted octanol–water partition coefficient (Wildman–Crippen LogP) is 0.784. The zero-order chi connectivity index (χ0) is 16.3. The first-order valence-corrected chi connectivity index (χ1v) is 9.79. The average Bonchev–Trinajstić information content (AvgIpc) is 2.99. The minimum absolute atomic E-state index is 0.0771. The smallest absolute Gasteiger partial charge is 0.282 e. The standard InChI is InChI=1S/C15H26N4O3S/c1-17-9-7-16-15(17)6-5-14-4-2-3-8-19(14)23(20,21)18-10-12-22-13-11-18/h7,9,14H,2-6,8,10-13H2,1H3/t14-/m0/s1. The Hall–Kier alpha value is -0.960. The van der Waals surface area contributed by atoms with Gasteiger partial charge in [0.25, 0.3) is 10.2 Å². The SMILES string of the molecule is Cn1ccnc1CC[C@@H]1CCCCN1S(=O)(=O)N1CCOCC1. The summed E-state index contributed by atoms with van der Waals surface area (Å²) in [5.74, 6) is 1.01. The van der Waals surface area contributed by atoms with E-state index in [1.165, 1.54) is 0 Å². The van der Waals surface area contributed by atoms with Gasteiger partial charge in [0.2, 0.25) is 0 Å². The molecule has 0 N–H and O–H groups in total. The molecule has 0 aliphatic carbocycles. The molecule has 0 radical (unpaired) electrons. The van der Waals surface area contributed by atoms with E-state index in [1.807, 2.05) is 17.8 Å². The summed E-state index contributed by atoms with van der Waals surface area (Å²) in [5.41, 5.74) is 0. The van der Waals surface area contributed by atoms with Crippen molar-refractivity contribution in [1.82, 2.24) is 18.2 Å². The van der Waals surface area contributed by atoms with Gasteiger partial charge in [-0.3, -0.25) is 0 Å². The molecule has 3 rings (SSSR count). The van der Waals surface area contributed by atoms with Crippen LogP contribution in [0.4, 0.5) is 0 Å². The molecule has 0 unspecified atom stereocenters. The molecule has 3 heterocycles. The number of aromatic nitrogens is 2. The van der Waals surface area contributed by atoms with Crippen LogP contribution in [0.15, 0.2) is 12.4 Å². The molecule has 0 bridgehead atoms. The van der Waals surface area contributed by atoms with Crippen molar-refractivity contribution in [3.63, 3.8) is 0 Å². The molecule has 0 saturated carbocycles. The summed E-state index contributed by atoms with van der Waals surface area (Å²) in [4.78, 5) is 4.35. The van der Waals surface area contributed by atoms with Gasteiger partial charge in [-0.2, -0.15) is 17.0 Å². The Morgan fingerprint density at radius 3 is 2.74 bits per heavy atom. The Morgan fingerprint density at radius 2 is 2.04 bits per heavy atom. The van der Waals surface area contributed by atoms with Crippen LogP contribution in [0.3, 0.4) is 0 Å². The molecule has 8 heteroatoms. The lowest BCUT2D eigenvalue weighted by molar-refractivity contribution is 0.0680. The van der Waals surface area contributed by atoms with E-state index in [9.17, 15) is 8.42 Å².